The second kappa shape index (κ2) is 13.2. The van der Waals surface area contributed by atoms with Crippen LogP contribution in [0.15, 0.2) is 42.6 Å². The molecule has 3 aliphatic rings. The van der Waals surface area contributed by atoms with E-state index in [9.17, 15) is 9.90 Å². The number of pyridine rings is 1. The molecule has 3 N–H and O–H groups in total. The van der Waals surface area contributed by atoms with Crippen molar-refractivity contribution in [1.82, 2.24) is 14.8 Å². The van der Waals surface area contributed by atoms with Crippen LogP contribution in [-0.4, -0.2) is 82.1 Å². The van der Waals surface area contributed by atoms with Crippen molar-refractivity contribution in [1.29, 1.82) is 10.8 Å². The molecule has 1 amide bonds. The van der Waals surface area contributed by atoms with Gasteiger partial charge in [0.05, 0.1) is 18.1 Å². The van der Waals surface area contributed by atoms with E-state index in [1.165, 1.54) is 36.8 Å². The molecule has 1 atom stereocenters. The Hall–Kier alpha value is -2.71. The number of aromatic nitrogens is 1. The summed E-state index contributed by atoms with van der Waals surface area (Å²) in [5.41, 5.74) is 4.88. The summed E-state index contributed by atoms with van der Waals surface area (Å²) in [5.74, 6) is 1.64. The van der Waals surface area contributed by atoms with Gasteiger partial charge in [0, 0.05) is 60.3 Å². The van der Waals surface area contributed by atoms with Gasteiger partial charge in [-0.05, 0) is 63.4 Å². The fourth-order valence-electron chi connectivity index (χ4n) is 4.86. The average molecular weight is 524 g/mol. The molecule has 7 nitrogen and oxygen atoms in total. The number of nitrogens with zero attached hydrogens (tertiary/aromatic N) is 3. The molecule has 1 saturated carbocycles. The van der Waals surface area contributed by atoms with Gasteiger partial charge in [-0.25, -0.2) is 0 Å². The first-order valence-electron chi connectivity index (χ1n) is 13.0. The number of nitrogens with one attached hydrogen (secondary N) is 2. The van der Waals surface area contributed by atoms with E-state index in [4.69, 9.17) is 10.8 Å². The van der Waals surface area contributed by atoms with Crippen molar-refractivity contribution in [3.63, 3.8) is 0 Å². The Bertz CT molecular complexity index is 1020. The van der Waals surface area contributed by atoms with Crippen LogP contribution in [0.1, 0.15) is 50.2 Å². The van der Waals surface area contributed by atoms with Crippen LogP contribution < -0.4 is 0 Å². The van der Waals surface area contributed by atoms with Crippen molar-refractivity contribution >= 4 is 30.7 Å². The van der Waals surface area contributed by atoms with Gasteiger partial charge in [-0.3, -0.25) is 15.2 Å². The number of thioether (sulfide) groups is 1. The highest BCUT2D eigenvalue weighted by Gasteiger charge is 2.46. The topological polar surface area (TPSA) is 104 Å². The average Bonchev–Trinajstić information content (AvgIpc) is 3.55. The lowest BCUT2D eigenvalue weighted by Gasteiger charge is -2.30. The SMILES string of the molecule is C=N.Cc1ccc(-c2ccc(C3(CN4CCSC(C)(CO)CC4=N)CC3)cc2)nc1.O=CN1CCCC1. The van der Waals surface area contributed by atoms with E-state index in [1.807, 2.05) is 6.20 Å². The second-order valence-corrected chi connectivity index (χ2v) is 12.1. The van der Waals surface area contributed by atoms with E-state index in [2.05, 4.69) is 66.8 Å². The smallest absolute Gasteiger partial charge is 0.209 e. The maximum atomic E-state index is 9.93. The number of hydrogen-bond acceptors (Lipinski definition) is 6. The van der Waals surface area contributed by atoms with E-state index in [0.29, 0.717) is 12.3 Å². The van der Waals surface area contributed by atoms with Crippen molar-refractivity contribution < 1.29 is 9.90 Å². The number of amidine groups is 1. The van der Waals surface area contributed by atoms with E-state index >= 15 is 0 Å². The molecule has 2 aromatic rings. The highest BCUT2D eigenvalue weighted by Crippen LogP contribution is 2.49. The molecular weight excluding hydrogens is 482 g/mol. The van der Waals surface area contributed by atoms with Gasteiger partial charge < -0.3 is 20.3 Å². The molecule has 3 fully saturated rings. The summed E-state index contributed by atoms with van der Waals surface area (Å²) in [6.45, 7) is 10.5. The van der Waals surface area contributed by atoms with Gasteiger partial charge >= 0.3 is 0 Å². The minimum Gasteiger partial charge on any atom is -0.395 e. The van der Waals surface area contributed by atoms with Crippen LogP contribution in [0, 0.1) is 17.7 Å². The molecule has 0 radical (unpaired) electrons. The summed E-state index contributed by atoms with van der Waals surface area (Å²) in [6, 6.07) is 13.0. The van der Waals surface area contributed by atoms with Crippen LogP contribution in [0.3, 0.4) is 0 Å². The quantitative estimate of drug-likeness (QED) is 0.374. The summed E-state index contributed by atoms with van der Waals surface area (Å²) in [7, 11) is 0. The number of amides is 1. The monoisotopic (exact) mass is 523 g/mol. The minimum atomic E-state index is -0.217. The molecular formula is C29H41N5O2S. The third-order valence-corrected chi connectivity index (χ3v) is 8.77. The largest absolute Gasteiger partial charge is 0.395 e. The zero-order valence-corrected chi connectivity index (χ0v) is 23.0. The van der Waals surface area contributed by atoms with Crippen molar-refractivity contribution in [2.45, 2.75) is 56.1 Å². The Morgan fingerprint density at radius 2 is 1.78 bits per heavy atom. The lowest BCUT2D eigenvalue weighted by molar-refractivity contribution is -0.117. The highest BCUT2D eigenvalue weighted by molar-refractivity contribution is 8.00. The predicted molar refractivity (Wildman–Crippen MR) is 154 cm³/mol. The number of aliphatic hydroxyl groups is 1. The fraction of sp³-hybridized carbons (Fsp3) is 0.517. The van der Waals surface area contributed by atoms with Gasteiger partial charge in [0.1, 0.15) is 0 Å². The molecule has 8 heteroatoms. The van der Waals surface area contributed by atoms with Gasteiger partial charge in [-0.2, -0.15) is 11.8 Å². The zero-order valence-electron chi connectivity index (χ0n) is 22.2. The lowest BCUT2D eigenvalue weighted by Crippen LogP contribution is -2.39. The van der Waals surface area contributed by atoms with E-state index < -0.39 is 0 Å². The fourth-order valence-corrected chi connectivity index (χ4v) is 6.00. The maximum absolute atomic E-state index is 9.93. The van der Waals surface area contributed by atoms with Crippen molar-refractivity contribution in [2.24, 2.45) is 0 Å². The normalized spacial score (nSPS) is 22.2. The predicted octanol–water partition coefficient (Wildman–Crippen LogP) is 4.76. The minimum absolute atomic E-state index is 0.132. The van der Waals surface area contributed by atoms with Crippen molar-refractivity contribution in [3.05, 3.63) is 53.7 Å². The number of benzene rings is 1. The summed E-state index contributed by atoms with van der Waals surface area (Å²) in [5, 5.41) is 23.8. The molecule has 5 rings (SSSR count). The zero-order chi connectivity index (χ0) is 26.9. The number of likely N-dealkylation sites (tertiary alicyclic amines) is 1. The Kier molecular flexibility index (Phi) is 10.3. The van der Waals surface area contributed by atoms with Gasteiger partial charge in [-0.15, -0.1) is 0 Å². The van der Waals surface area contributed by atoms with Gasteiger partial charge in [0.15, 0.2) is 0 Å². The summed E-state index contributed by atoms with van der Waals surface area (Å²) < 4.78 is -0.217. The molecule has 2 aliphatic heterocycles. The van der Waals surface area contributed by atoms with E-state index in [-0.39, 0.29) is 16.8 Å². The van der Waals surface area contributed by atoms with Crippen LogP contribution in [0.25, 0.3) is 11.3 Å². The standard InChI is InChI=1S/C23H29N3OS.C5H9NO.CH3N/c1-17-3-8-20(25-14-17)18-4-6-19(7-5-18)23(9-10-23)15-26-11-12-28-22(2,16-27)13-21(26)24;7-5-6-3-1-2-4-6;1-2/h3-8,14,24,27H,9-13,15-16H2,1-2H3;5H,1-4H2;2H,1H2. The number of carbonyl (C=O) groups is 1. The molecule has 0 spiro atoms. The first-order valence-corrected chi connectivity index (χ1v) is 14.0. The summed E-state index contributed by atoms with van der Waals surface area (Å²) in [6.07, 6.45) is 8.23. The molecule has 1 aromatic carbocycles. The van der Waals surface area contributed by atoms with Gasteiger partial charge in [0.2, 0.25) is 6.41 Å². The first kappa shape index (κ1) is 28.9. The van der Waals surface area contributed by atoms with Crippen LogP contribution in [0.5, 0.6) is 0 Å². The van der Waals surface area contributed by atoms with Crippen LogP contribution in [0.2, 0.25) is 0 Å². The Labute approximate surface area is 225 Å². The molecule has 2 saturated heterocycles. The van der Waals surface area contributed by atoms with Crippen molar-refractivity contribution in [2.75, 3.05) is 38.5 Å². The Morgan fingerprint density at radius 1 is 1.11 bits per heavy atom. The van der Waals surface area contributed by atoms with E-state index in [1.54, 1.807) is 16.7 Å². The highest BCUT2D eigenvalue weighted by atomic mass is 32.2. The molecule has 200 valence electrons. The third-order valence-electron chi connectivity index (χ3n) is 7.41. The molecule has 37 heavy (non-hydrogen) atoms. The number of aryl methyl sites for hydroxylation is 1. The lowest BCUT2D eigenvalue weighted by atomic mass is 9.93. The Morgan fingerprint density at radius 3 is 2.30 bits per heavy atom. The molecule has 1 aliphatic carbocycles. The third kappa shape index (κ3) is 7.65. The second-order valence-electron chi connectivity index (χ2n) is 10.4. The number of rotatable bonds is 6. The molecule has 1 aromatic heterocycles. The van der Waals surface area contributed by atoms with Crippen molar-refractivity contribution in [3.8, 4) is 11.3 Å². The first-order chi connectivity index (χ1) is 17.9. The summed E-state index contributed by atoms with van der Waals surface area (Å²) >= 11 is 1.80. The number of aliphatic hydroxyl groups excluding tert-OH is 1. The van der Waals surface area contributed by atoms with Crippen LogP contribution in [-0.2, 0) is 10.2 Å². The summed E-state index contributed by atoms with van der Waals surface area (Å²) in [4.78, 5) is 18.5. The van der Waals surface area contributed by atoms with Crippen LogP contribution in [0.4, 0.5) is 0 Å². The van der Waals surface area contributed by atoms with E-state index in [0.717, 1.165) is 49.6 Å². The number of hydrogen-bond donors (Lipinski definition) is 3. The Balaban J connectivity index is 0.000000361. The molecule has 3 heterocycles. The number of carbonyl (C=O) groups excluding carboxylic acids is 1. The molecule has 0 bridgehead atoms. The maximum Gasteiger partial charge on any atom is 0.209 e. The van der Waals surface area contributed by atoms with Gasteiger partial charge in [0.25, 0.3) is 0 Å². The van der Waals surface area contributed by atoms with Crippen LogP contribution >= 0.6 is 11.8 Å². The molecule has 1 unspecified atom stereocenters. The van der Waals surface area contributed by atoms with Gasteiger partial charge in [-0.1, -0.05) is 30.3 Å².